The third kappa shape index (κ3) is 5.76. The molecule has 1 aromatic rings. The van der Waals surface area contributed by atoms with Crippen LogP contribution in [0.4, 0.5) is 5.69 Å². The molecule has 0 fully saturated rings. The van der Waals surface area contributed by atoms with Gasteiger partial charge in [-0.05, 0) is 63.7 Å². The SMILES string of the molecule is CCNc1ccc(C(=O)NCCCN(CC)CC)c(C)c1. The maximum atomic E-state index is 12.2. The minimum Gasteiger partial charge on any atom is -0.385 e. The Morgan fingerprint density at radius 1 is 1.19 bits per heavy atom. The smallest absolute Gasteiger partial charge is 0.251 e. The molecule has 0 aliphatic rings. The molecule has 1 rings (SSSR count). The van der Waals surface area contributed by atoms with Gasteiger partial charge in [0, 0.05) is 24.3 Å². The average Bonchev–Trinajstić information content (AvgIpc) is 2.47. The zero-order chi connectivity index (χ0) is 15.7. The van der Waals surface area contributed by atoms with Gasteiger partial charge in [-0.3, -0.25) is 4.79 Å². The van der Waals surface area contributed by atoms with E-state index in [1.807, 2.05) is 25.1 Å². The summed E-state index contributed by atoms with van der Waals surface area (Å²) >= 11 is 0. The van der Waals surface area contributed by atoms with Gasteiger partial charge in [-0.25, -0.2) is 0 Å². The Morgan fingerprint density at radius 2 is 1.90 bits per heavy atom. The second-order valence-electron chi connectivity index (χ2n) is 5.20. The molecule has 0 unspecified atom stereocenters. The molecule has 0 saturated carbocycles. The van der Waals surface area contributed by atoms with E-state index in [1.54, 1.807) is 0 Å². The van der Waals surface area contributed by atoms with E-state index < -0.39 is 0 Å². The first-order chi connectivity index (χ1) is 10.1. The summed E-state index contributed by atoms with van der Waals surface area (Å²) in [7, 11) is 0. The van der Waals surface area contributed by atoms with Gasteiger partial charge >= 0.3 is 0 Å². The number of amides is 1. The molecule has 2 N–H and O–H groups in total. The van der Waals surface area contributed by atoms with Gasteiger partial charge in [-0.15, -0.1) is 0 Å². The highest BCUT2D eigenvalue weighted by Crippen LogP contribution is 2.15. The van der Waals surface area contributed by atoms with E-state index in [0.29, 0.717) is 0 Å². The molecule has 4 nitrogen and oxygen atoms in total. The molecule has 0 aromatic heterocycles. The number of nitrogens with zero attached hydrogens (tertiary/aromatic N) is 1. The number of carbonyl (C=O) groups excluding carboxylic acids is 1. The zero-order valence-electron chi connectivity index (χ0n) is 13.8. The molecular formula is C17H29N3O. The summed E-state index contributed by atoms with van der Waals surface area (Å²) in [4.78, 5) is 14.5. The normalized spacial score (nSPS) is 10.7. The fourth-order valence-corrected chi connectivity index (χ4v) is 2.37. The van der Waals surface area contributed by atoms with Crippen molar-refractivity contribution in [1.29, 1.82) is 0 Å². The number of rotatable bonds is 9. The largest absolute Gasteiger partial charge is 0.385 e. The Labute approximate surface area is 128 Å². The number of carbonyl (C=O) groups is 1. The topological polar surface area (TPSA) is 44.4 Å². The van der Waals surface area contributed by atoms with Crippen molar-refractivity contribution in [2.24, 2.45) is 0 Å². The van der Waals surface area contributed by atoms with Crippen molar-refractivity contribution >= 4 is 11.6 Å². The summed E-state index contributed by atoms with van der Waals surface area (Å²) in [5.74, 6) is 0.0232. The highest BCUT2D eigenvalue weighted by Gasteiger charge is 2.09. The van der Waals surface area contributed by atoms with Gasteiger partial charge in [0.25, 0.3) is 5.91 Å². The molecule has 0 saturated heterocycles. The molecular weight excluding hydrogens is 262 g/mol. The lowest BCUT2D eigenvalue weighted by Crippen LogP contribution is -2.30. The lowest BCUT2D eigenvalue weighted by atomic mass is 10.1. The fraction of sp³-hybridized carbons (Fsp3) is 0.588. The van der Waals surface area contributed by atoms with Gasteiger partial charge in [-0.1, -0.05) is 13.8 Å². The lowest BCUT2D eigenvalue weighted by Gasteiger charge is -2.17. The summed E-state index contributed by atoms with van der Waals surface area (Å²) in [6.07, 6.45) is 0.988. The van der Waals surface area contributed by atoms with Crippen LogP contribution in [0.2, 0.25) is 0 Å². The standard InChI is InChI=1S/C17H29N3O/c1-5-18-15-9-10-16(14(4)13-15)17(21)19-11-8-12-20(6-2)7-3/h9-10,13,18H,5-8,11-12H2,1-4H3,(H,19,21). The summed E-state index contributed by atoms with van der Waals surface area (Å²) in [6, 6.07) is 5.88. The molecule has 0 radical (unpaired) electrons. The van der Waals surface area contributed by atoms with Crippen LogP contribution >= 0.6 is 0 Å². The Morgan fingerprint density at radius 3 is 2.48 bits per heavy atom. The fourth-order valence-electron chi connectivity index (χ4n) is 2.37. The number of anilines is 1. The number of aryl methyl sites for hydroxylation is 1. The van der Waals surface area contributed by atoms with Crippen molar-refractivity contribution in [2.45, 2.75) is 34.1 Å². The highest BCUT2D eigenvalue weighted by molar-refractivity contribution is 5.96. The minimum atomic E-state index is 0.0232. The van der Waals surface area contributed by atoms with Crippen LogP contribution < -0.4 is 10.6 Å². The van der Waals surface area contributed by atoms with Gasteiger partial charge in [-0.2, -0.15) is 0 Å². The quantitative estimate of drug-likeness (QED) is 0.688. The summed E-state index contributed by atoms with van der Waals surface area (Å²) in [5.41, 5.74) is 2.84. The number of benzene rings is 1. The Hall–Kier alpha value is -1.55. The predicted molar refractivity (Wildman–Crippen MR) is 90.1 cm³/mol. The number of nitrogens with one attached hydrogen (secondary N) is 2. The molecule has 1 aromatic carbocycles. The van der Waals surface area contributed by atoms with Crippen molar-refractivity contribution in [3.05, 3.63) is 29.3 Å². The summed E-state index contributed by atoms with van der Waals surface area (Å²) in [5, 5.41) is 6.26. The lowest BCUT2D eigenvalue weighted by molar-refractivity contribution is 0.0951. The molecule has 0 atom stereocenters. The molecule has 0 spiro atoms. The molecule has 0 bridgehead atoms. The van der Waals surface area contributed by atoms with Crippen LogP contribution in [0.25, 0.3) is 0 Å². The second kappa shape index (κ2) is 9.40. The van der Waals surface area contributed by atoms with E-state index in [-0.39, 0.29) is 5.91 Å². The zero-order valence-corrected chi connectivity index (χ0v) is 13.8. The van der Waals surface area contributed by atoms with Gasteiger partial charge in [0.2, 0.25) is 0 Å². The van der Waals surface area contributed by atoms with Crippen LogP contribution in [0.5, 0.6) is 0 Å². The first-order valence-electron chi connectivity index (χ1n) is 7.97. The van der Waals surface area contributed by atoms with E-state index in [4.69, 9.17) is 0 Å². The van der Waals surface area contributed by atoms with Crippen molar-refractivity contribution in [1.82, 2.24) is 10.2 Å². The maximum Gasteiger partial charge on any atom is 0.251 e. The number of hydrogen-bond donors (Lipinski definition) is 2. The van der Waals surface area contributed by atoms with Gasteiger partial charge in [0.05, 0.1) is 0 Å². The Balaban J connectivity index is 2.45. The Kier molecular flexibility index (Phi) is 7.83. The molecule has 0 aliphatic carbocycles. The predicted octanol–water partition coefficient (Wildman–Crippen LogP) is 2.89. The molecule has 21 heavy (non-hydrogen) atoms. The highest BCUT2D eigenvalue weighted by atomic mass is 16.1. The van der Waals surface area contributed by atoms with Crippen LogP contribution in [0, 0.1) is 6.92 Å². The van der Waals surface area contributed by atoms with E-state index in [0.717, 1.165) is 56.0 Å². The van der Waals surface area contributed by atoms with E-state index in [2.05, 4.69) is 36.3 Å². The van der Waals surface area contributed by atoms with Crippen LogP contribution in [-0.2, 0) is 0 Å². The first kappa shape index (κ1) is 17.5. The molecule has 118 valence electrons. The average molecular weight is 291 g/mol. The maximum absolute atomic E-state index is 12.2. The van der Waals surface area contributed by atoms with Crippen LogP contribution in [-0.4, -0.2) is 43.5 Å². The molecule has 4 heteroatoms. The monoisotopic (exact) mass is 291 g/mol. The Bertz CT molecular complexity index is 442. The minimum absolute atomic E-state index is 0.0232. The molecule has 0 heterocycles. The molecule has 1 amide bonds. The van der Waals surface area contributed by atoms with Gasteiger partial charge in [0.1, 0.15) is 0 Å². The second-order valence-corrected chi connectivity index (χ2v) is 5.20. The van der Waals surface area contributed by atoms with E-state index in [9.17, 15) is 4.79 Å². The third-order valence-electron chi connectivity index (χ3n) is 3.68. The third-order valence-corrected chi connectivity index (χ3v) is 3.68. The molecule has 0 aliphatic heterocycles. The summed E-state index contributed by atoms with van der Waals surface area (Å²) in [6.45, 7) is 13.1. The van der Waals surface area contributed by atoms with Crippen molar-refractivity contribution in [2.75, 3.05) is 38.0 Å². The van der Waals surface area contributed by atoms with Crippen LogP contribution in [0.3, 0.4) is 0 Å². The van der Waals surface area contributed by atoms with Gasteiger partial charge < -0.3 is 15.5 Å². The summed E-state index contributed by atoms with van der Waals surface area (Å²) < 4.78 is 0. The van der Waals surface area contributed by atoms with E-state index in [1.165, 1.54) is 0 Å². The number of hydrogen-bond acceptors (Lipinski definition) is 3. The van der Waals surface area contributed by atoms with Crippen LogP contribution in [0.1, 0.15) is 43.1 Å². The van der Waals surface area contributed by atoms with Crippen molar-refractivity contribution in [3.63, 3.8) is 0 Å². The van der Waals surface area contributed by atoms with Crippen molar-refractivity contribution < 1.29 is 4.79 Å². The first-order valence-corrected chi connectivity index (χ1v) is 7.97. The van der Waals surface area contributed by atoms with Crippen molar-refractivity contribution in [3.8, 4) is 0 Å². The van der Waals surface area contributed by atoms with Gasteiger partial charge in [0.15, 0.2) is 0 Å². The van der Waals surface area contributed by atoms with E-state index >= 15 is 0 Å². The van der Waals surface area contributed by atoms with Crippen LogP contribution in [0.15, 0.2) is 18.2 Å².